The molecule has 3 aliphatic rings. The number of para-hydroxylation sites is 1. The Morgan fingerprint density at radius 2 is 1.79 bits per heavy atom. The van der Waals surface area contributed by atoms with Gasteiger partial charge >= 0.3 is 12.2 Å². The second-order valence-corrected chi connectivity index (χ2v) is 10.7. The summed E-state index contributed by atoms with van der Waals surface area (Å²) < 4.78 is 52.2. The van der Waals surface area contributed by atoms with Gasteiger partial charge in [-0.3, -0.25) is 9.79 Å². The number of methoxy groups -OCH3 is 1. The van der Waals surface area contributed by atoms with Gasteiger partial charge in [-0.15, -0.1) is 5.10 Å². The van der Waals surface area contributed by atoms with Gasteiger partial charge in [-0.2, -0.15) is 13.2 Å². The van der Waals surface area contributed by atoms with Crippen LogP contribution in [0.5, 0.6) is 0 Å². The standard InChI is InChI=1S/C30H26F3N7O3/c1-42-27-19-14-40(15-20(19)27)22-11-17(30(31,32)33)13-34-26(22)28-38-39-29(43-28)37-23-12-24(41)35-21-10-6-5-9-18(21)25(36-23)16-7-3-2-4-8-16/h2-11,13,19-20,23,27H,12,14-15H2,1H3,(H,35,41)(H,37,39)/b36-25-/t19?,20?,23-,27?/m1/s1. The van der Waals surface area contributed by atoms with Gasteiger partial charge < -0.3 is 24.7 Å². The molecule has 2 unspecified atom stereocenters. The quantitative estimate of drug-likeness (QED) is 0.328. The SMILES string of the molecule is COC1C2CN(c3cc(C(F)(F)F)cnc3-c3nnc(N[C@@H]4CC(=O)Nc5ccccc5/C(c5ccccc5)=N\4)o3)CC21. The van der Waals surface area contributed by atoms with Gasteiger partial charge in [-0.1, -0.05) is 53.6 Å². The first-order valence-electron chi connectivity index (χ1n) is 13.8. The Morgan fingerprint density at radius 1 is 1.05 bits per heavy atom. The number of carbonyl (C=O) groups is 1. The number of alkyl halides is 3. The number of piperidine rings is 1. The molecule has 7 rings (SSSR count). The number of aromatic nitrogens is 3. The fraction of sp³-hybridized carbons (Fsp3) is 0.300. The molecule has 43 heavy (non-hydrogen) atoms. The average molecular weight is 590 g/mol. The minimum Gasteiger partial charge on any atom is -0.402 e. The molecule has 0 radical (unpaired) electrons. The number of anilines is 3. The minimum atomic E-state index is -4.56. The maximum Gasteiger partial charge on any atom is 0.417 e. The van der Waals surface area contributed by atoms with Crippen molar-refractivity contribution in [1.29, 1.82) is 0 Å². The van der Waals surface area contributed by atoms with Crippen molar-refractivity contribution in [2.24, 2.45) is 16.8 Å². The number of nitrogens with one attached hydrogen (secondary N) is 2. The number of benzene rings is 2. The minimum absolute atomic E-state index is 0.0383. The van der Waals surface area contributed by atoms with Crippen LogP contribution >= 0.6 is 0 Å². The molecule has 13 heteroatoms. The monoisotopic (exact) mass is 589 g/mol. The van der Waals surface area contributed by atoms with Crippen LogP contribution in [-0.4, -0.2) is 59.3 Å². The van der Waals surface area contributed by atoms with Crippen molar-refractivity contribution in [3.05, 3.63) is 83.6 Å². The molecule has 2 fully saturated rings. The van der Waals surface area contributed by atoms with Crippen LogP contribution in [0.4, 0.5) is 30.6 Å². The van der Waals surface area contributed by atoms with Gasteiger partial charge in [0.15, 0.2) is 5.69 Å². The number of hydrogen-bond acceptors (Lipinski definition) is 9. The predicted molar refractivity (Wildman–Crippen MR) is 152 cm³/mol. The second-order valence-electron chi connectivity index (χ2n) is 10.7. The lowest BCUT2D eigenvalue weighted by molar-refractivity contribution is -0.137. The smallest absolute Gasteiger partial charge is 0.402 e. The van der Waals surface area contributed by atoms with Crippen molar-refractivity contribution in [2.45, 2.75) is 24.9 Å². The second kappa shape index (κ2) is 10.5. The Bertz CT molecular complexity index is 1700. The molecule has 1 saturated heterocycles. The summed E-state index contributed by atoms with van der Waals surface area (Å²) in [7, 11) is 1.64. The number of nitrogens with zero attached hydrogens (tertiary/aromatic N) is 5. The average Bonchev–Trinajstić information content (AvgIpc) is 3.28. The van der Waals surface area contributed by atoms with E-state index in [-0.39, 0.29) is 53.6 Å². The molecule has 2 aromatic carbocycles. The van der Waals surface area contributed by atoms with E-state index < -0.39 is 17.9 Å². The summed E-state index contributed by atoms with van der Waals surface area (Å²) in [5, 5.41) is 14.1. The number of aliphatic imine (C=N–C) groups is 1. The predicted octanol–water partition coefficient (Wildman–Crippen LogP) is 4.85. The zero-order chi connectivity index (χ0) is 29.7. The first kappa shape index (κ1) is 27.1. The maximum atomic E-state index is 13.6. The van der Waals surface area contributed by atoms with Gasteiger partial charge in [0, 0.05) is 49.4 Å². The first-order valence-corrected chi connectivity index (χ1v) is 13.8. The highest BCUT2D eigenvalue weighted by atomic mass is 19.4. The molecule has 0 spiro atoms. The third kappa shape index (κ3) is 5.20. The summed E-state index contributed by atoms with van der Waals surface area (Å²) in [6.07, 6.45) is -4.51. The van der Waals surface area contributed by atoms with Crippen molar-refractivity contribution in [1.82, 2.24) is 15.2 Å². The van der Waals surface area contributed by atoms with Gasteiger partial charge in [0.05, 0.1) is 35.2 Å². The number of rotatable bonds is 6. The van der Waals surface area contributed by atoms with Crippen molar-refractivity contribution < 1.29 is 27.1 Å². The van der Waals surface area contributed by atoms with E-state index in [1.807, 2.05) is 59.5 Å². The van der Waals surface area contributed by atoms with E-state index >= 15 is 0 Å². The number of hydrogen-bond donors (Lipinski definition) is 2. The summed E-state index contributed by atoms with van der Waals surface area (Å²) in [6.45, 7) is 1.07. The number of ether oxygens (including phenoxy) is 1. The van der Waals surface area contributed by atoms with Crippen molar-refractivity contribution >= 4 is 29.0 Å². The molecule has 1 amide bonds. The van der Waals surface area contributed by atoms with E-state index in [4.69, 9.17) is 14.1 Å². The normalized spacial score (nSPS) is 24.2. The Balaban J connectivity index is 1.21. The van der Waals surface area contributed by atoms with Crippen LogP contribution in [0.2, 0.25) is 0 Å². The fourth-order valence-corrected chi connectivity index (χ4v) is 5.91. The first-order chi connectivity index (χ1) is 20.8. The molecule has 0 bridgehead atoms. The van der Waals surface area contributed by atoms with Gasteiger partial charge in [0.1, 0.15) is 6.17 Å². The molecule has 3 atom stereocenters. The summed E-state index contributed by atoms with van der Waals surface area (Å²) >= 11 is 0. The van der Waals surface area contributed by atoms with Crippen LogP contribution < -0.4 is 15.5 Å². The number of carbonyl (C=O) groups excluding carboxylic acids is 1. The zero-order valence-corrected chi connectivity index (χ0v) is 22.9. The molecule has 4 heterocycles. The molecule has 10 nitrogen and oxygen atoms in total. The Morgan fingerprint density at radius 3 is 2.53 bits per heavy atom. The van der Waals surface area contributed by atoms with Gasteiger partial charge in [-0.05, 0) is 12.1 Å². The number of amides is 1. The van der Waals surface area contributed by atoms with Crippen LogP contribution in [0.15, 0.2) is 76.3 Å². The van der Waals surface area contributed by atoms with Gasteiger partial charge in [-0.25, -0.2) is 4.98 Å². The van der Waals surface area contributed by atoms with E-state index in [9.17, 15) is 18.0 Å². The van der Waals surface area contributed by atoms with E-state index in [2.05, 4.69) is 25.8 Å². The van der Waals surface area contributed by atoms with E-state index in [0.717, 1.165) is 23.4 Å². The van der Waals surface area contributed by atoms with Crippen molar-refractivity contribution in [3.8, 4) is 11.6 Å². The summed E-state index contributed by atoms with van der Waals surface area (Å²) in [5.41, 5.74) is 2.43. The molecule has 2 aromatic heterocycles. The van der Waals surface area contributed by atoms with Gasteiger partial charge in [0.2, 0.25) is 5.91 Å². The van der Waals surface area contributed by atoms with E-state index in [0.29, 0.717) is 24.5 Å². The number of halogens is 3. The summed E-state index contributed by atoms with van der Waals surface area (Å²) in [6, 6.07) is 18.0. The topological polar surface area (TPSA) is 118 Å². The van der Waals surface area contributed by atoms with Gasteiger partial charge in [0.25, 0.3) is 5.89 Å². The highest BCUT2D eigenvalue weighted by Crippen LogP contribution is 2.50. The summed E-state index contributed by atoms with van der Waals surface area (Å²) in [5.74, 6) is 0.177. The lowest BCUT2D eigenvalue weighted by Crippen LogP contribution is -2.29. The number of pyridine rings is 1. The third-order valence-electron chi connectivity index (χ3n) is 8.01. The lowest BCUT2D eigenvalue weighted by atomic mass is 9.99. The molecule has 2 N–H and O–H groups in total. The molecular weight excluding hydrogens is 563 g/mol. The van der Waals surface area contributed by atoms with Crippen LogP contribution in [0.25, 0.3) is 11.6 Å². The van der Waals surface area contributed by atoms with Crippen LogP contribution in [0.1, 0.15) is 23.1 Å². The fourth-order valence-electron chi connectivity index (χ4n) is 5.91. The maximum absolute atomic E-state index is 13.6. The van der Waals surface area contributed by atoms with Crippen LogP contribution in [-0.2, 0) is 15.7 Å². The van der Waals surface area contributed by atoms with E-state index in [1.54, 1.807) is 7.11 Å². The Kier molecular flexibility index (Phi) is 6.61. The lowest BCUT2D eigenvalue weighted by Gasteiger charge is -2.24. The third-order valence-corrected chi connectivity index (χ3v) is 8.01. The highest BCUT2D eigenvalue weighted by molar-refractivity contribution is 6.17. The van der Waals surface area contributed by atoms with Crippen molar-refractivity contribution in [2.75, 3.05) is 35.7 Å². The molecule has 1 saturated carbocycles. The molecule has 1 aliphatic carbocycles. The molecule has 2 aliphatic heterocycles. The highest BCUT2D eigenvalue weighted by Gasteiger charge is 2.57. The Hall–Kier alpha value is -4.78. The van der Waals surface area contributed by atoms with Crippen LogP contribution in [0, 0.1) is 11.8 Å². The summed E-state index contributed by atoms with van der Waals surface area (Å²) in [4.78, 5) is 23.7. The zero-order valence-electron chi connectivity index (χ0n) is 22.9. The largest absolute Gasteiger partial charge is 0.417 e. The molecular formula is C30H26F3N7O3. The number of fused-ring (bicyclic) bond motifs is 2. The van der Waals surface area contributed by atoms with E-state index in [1.165, 1.54) is 0 Å². The Labute approximate surface area is 244 Å². The molecule has 220 valence electrons. The van der Waals surface area contributed by atoms with Crippen molar-refractivity contribution in [3.63, 3.8) is 0 Å². The molecule has 4 aromatic rings. The van der Waals surface area contributed by atoms with Crippen LogP contribution in [0.3, 0.4) is 0 Å².